The van der Waals surface area contributed by atoms with Gasteiger partial charge in [-0.3, -0.25) is 4.72 Å². The molecule has 10 heteroatoms. The maximum absolute atomic E-state index is 15.1. The van der Waals surface area contributed by atoms with E-state index < -0.39 is 39.0 Å². The molecule has 2 radical (unpaired) electrons. The lowest BCUT2D eigenvalue weighted by atomic mass is 9.95. The summed E-state index contributed by atoms with van der Waals surface area (Å²) in [6.07, 6.45) is 1.03. The molecule has 150 valence electrons. The zero-order chi connectivity index (χ0) is 21.5. The predicted octanol–water partition coefficient (Wildman–Crippen LogP) is 2.52. The second kappa shape index (κ2) is 7.54. The van der Waals surface area contributed by atoms with E-state index in [9.17, 15) is 17.9 Å². The summed E-state index contributed by atoms with van der Waals surface area (Å²) in [5.74, 6) is -2.26. The Labute approximate surface area is 172 Å². The number of sulfonamides is 1. The number of H-pyrrole nitrogens is 1. The SMILES string of the molecule is [B]c1cnc2[nH]cc(C(O)c3c(F)ccc(NS(=O)(=O)c4ccccc4)c3F)c2c1. The van der Waals surface area contributed by atoms with E-state index in [0.29, 0.717) is 16.5 Å². The van der Waals surface area contributed by atoms with Gasteiger partial charge in [0.25, 0.3) is 10.0 Å². The van der Waals surface area contributed by atoms with Crippen LogP contribution < -0.4 is 10.2 Å². The number of aromatic nitrogens is 2. The monoisotopic (exact) mass is 425 g/mol. The summed E-state index contributed by atoms with van der Waals surface area (Å²) < 4.78 is 56.7. The van der Waals surface area contributed by atoms with Gasteiger partial charge in [-0.15, -0.1) is 0 Å². The van der Waals surface area contributed by atoms with Gasteiger partial charge < -0.3 is 10.1 Å². The minimum atomic E-state index is -4.11. The fourth-order valence-electron chi connectivity index (χ4n) is 3.12. The zero-order valence-electron chi connectivity index (χ0n) is 15.3. The molecule has 4 aromatic rings. The van der Waals surface area contributed by atoms with Crippen molar-refractivity contribution in [2.45, 2.75) is 11.0 Å². The molecule has 0 bridgehead atoms. The molecule has 0 aliphatic carbocycles. The van der Waals surface area contributed by atoms with Crippen molar-refractivity contribution < 1.29 is 22.3 Å². The van der Waals surface area contributed by atoms with Crippen LogP contribution in [-0.4, -0.2) is 31.3 Å². The summed E-state index contributed by atoms with van der Waals surface area (Å²) >= 11 is 0. The van der Waals surface area contributed by atoms with Crippen molar-refractivity contribution in [1.29, 1.82) is 0 Å². The van der Waals surface area contributed by atoms with E-state index in [4.69, 9.17) is 7.85 Å². The first kappa shape index (κ1) is 20.1. The van der Waals surface area contributed by atoms with Crippen LogP contribution in [0.2, 0.25) is 0 Å². The Morgan fingerprint density at radius 1 is 1.13 bits per heavy atom. The van der Waals surface area contributed by atoms with Gasteiger partial charge in [0.1, 0.15) is 25.4 Å². The summed E-state index contributed by atoms with van der Waals surface area (Å²) in [7, 11) is 1.60. The number of nitrogens with zero attached hydrogens (tertiary/aromatic N) is 1. The molecule has 0 fully saturated rings. The minimum Gasteiger partial charge on any atom is -0.383 e. The first-order chi connectivity index (χ1) is 14.3. The average Bonchev–Trinajstić information content (AvgIpc) is 3.14. The van der Waals surface area contributed by atoms with Crippen LogP contribution in [0.1, 0.15) is 17.2 Å². The Morgan fingerprint density at radius 3 is 2.60 bits per heavy atom. The predicted molar refractivity (Wildman–Crippen MR) is 109 cm³/mol. The van der Waals surface area contributed by atoms with E-state index in [1.54, 1.807) is 6.07 Å². The third-order valence-corrected chi connectivity index (χ3v) is 5.96. The van der Waals surface area contributed by atoms with E-state index in [1.807, 2.05) is 0 Å². The van der Waals surface area contributed by atoms with Gasteiger partial charge in [-0.2, -0.15) is 0 Å². The fourth-order valence-corrected chi connectivity index (χ4v) is 4.20. The van der Waals surface area contributed by atoms with Gasteiger partial charge in [-0.25, -0.2) is 22.2 Å². The lowest BCUT2D eigenvalue weighted by Gasteiger charge is -2.16. The quantitative estimate of drug-likeness (QED) is 0.429. The first-order valence-electron chi connectivity index (χ1n) is 8.74. The van der Waals surface area contributed by atoms with E-state index in [-0.39, 0.29) is 10.5 Å². The summed E-state index contributed by atoms with van der Waals surface area (Å²) in [5, 5.41) is 11.1. The van der Waals surface area contributed by atoms with Crippen molar-refractivity contribution in [3.8, 4) is 0 Å². The van der Waals surface area contributed by atoms with Crippen molar-refractivity contribution >= 4 is 40.1 Å². The van der Waals surface area contributed by atoms with Crippen LogP contribution in [0.25, 0.3) is 11.0 Å². The molecule has 4 rings (SSSR count). The molecule has 6 nitrogen and oxygen atoms in total. The maximum Gasteiger partial charge on any atom is 0.261 e. The zero-order valence-corrected chi connectivity index (χ0v) is 16.1. The Hall–Kier alpha value is -3.24. The van der Waals surface area contributed by atoms with Crippen LogP contribution in [0.5, 0.6) is 0 Å². The van der Waals surface area contributed by atoms with Crippen LogP contribution >= 0.6 is 0 Å². The van der Waals surface area contributed by atoms with E-state index in [1.165, 1.54) is 42.7 Å². The highest BCUT2D eigenvalue weighted by molar-refractivity contribution is 7.92. The smallest absolute Gasteiger partial charge is 0.261 e. The fraction of sp³-hybridized carbons (Fsp3) is 0.0500. The number of nitrogens with one attached hydrogen (secondary N) is 2. The molecule has 0 aliphatic rings. The van der Waals surface area contributed by atoms with E-state index in [2.05, 4.69) is 14.7 Å². The van der Waals surface area contributed by atoms with Crippen molar-refractivity contribution in [3.63, 3.8) is 0 Å². The van der Waals surface area contributed by atoms with Crippen LogP contribution in [-0.2, 0) is 10.0 Å². The van der Waals surface area contributed by atoms with Crippen molar-refractivity contribution in [2.24, 2.45) is 0 Å². The highest BCUT2D eigenvalue weighted by atomic mass is 32.2. The Kier molecular flexibility index (Phi) is 5.04. The van der Waals surface area contributed by atoms with Gasteiger partial charge in [0.05, 0.1) is 16.1 Å². The molecule has 0 aliphatic heterocycles. The number of hydrogen-bond acceptors (Lipinski definition) is 4. The van der Waals surface area contributed by atoms with Gasteiger partial charge in [0.15, 0.2) is 5.82 Å². The molecular formula is C20H14BF2N3O3S. The molecule has 0 saturated carbocycles. The third kappa shape index (κ3) is 3.55. The summed E-state index contributed by atoms with van der Waals surface area (Å²) in [4.78, 5) is 6.76. The molecular weight excluding hydrogens is 411 g/mol. The molecule has 1 atom stereocenters. The van der Waals surface area contributed by atoms with Crippen LogP contribution in [0.3, 0.4) is 0 Å². The van der Waals surface area contributed by atoms with Crippen molar-refractivity contribution in [1.82, 2.24) is 9.97 Å². The van der Waals surface area contributed by atoms with Crippen LogP contribution in [0.15, 0.2) is 65.8 Å². The number of benzene rings is 2. The number of aromatic amines is 1. The summed E-state index contributed by atoms with van der Waals surface area (Å²) in [6, 6.07) is 10.7. The first-order valence-corrected chi connectivity index (χ1v) is 10.2. The highest BCUT2D eigenvalue weighted by Crippen LogP contribution is 2.34. The number of aliphatic hydroxyl groups is 1. The molecule has 30 heavy (non-hydrogen) atoms. The Morgan fingerprint density at radius 2 is 1.87 bits per heavy atom. The lowest BCUT2D eigenvalue weighted by Crippen LogP contribution is -2.16. The average molecular weight is 425 g/mol. The minimum absolute atomic E-state index is 0.0889. The number of pyridine rings is 1. The van der Waals surface area contributed by atoms with Gasteiger partial charge >= 0.3 is 0 Å². The molecule has 0 amide bonds. The van der Waals surface area contributed by atoms with Gasteiger partial charge in [-0.1, -0.05) is 29.7 Å². The molecule has 3 N–H and O–H groups in total. The number of hydrogen-bond donors (Lipinski definition) is 3. The number of halogens is 2. The standard InChI is InChI=1S/C20H14BF2N3O3S/c21-11-8-13-14(10-25-20(13)24-9-11)19(27)17-15(22)6-7-16(18(17)23)26-30(28,29)12-4-2-1-3-5-12/h1-10,19,26-27H,(H,24,25). The molecule has 2 aromatic carbocycles. The Bertz CT molecular complexity index is 1340. The molecule has 1 unspecified atom stereocenters. The van der Waals surface area contributed by atoms with E-state index >= 15 is 4.39 Å². The van der Waals surface area contributed by atoms with Crippen molar-refractivity contribution in [2.75, 3.05) is 4.72 Å². The van der Waals surface area contributed by atoms with E-state index in [0.717, 1.165) is 12.1 Å². The normalized spacial score (nSPS) is 12.8. The van der Waals surface area contributed by atoms with Crippen LogP contribution in [0.4, 0.5) is 14.5 Å². The van der Waals surface area contributed by atoms with Gasteiger partial charge in [0, 0.05) is 23.3 Å². The largest absolute Gasteiger partial charge is 0.383 e. The molecule has 2 heterocycles. The number of anilines is 1. The second-order valence-electron chi connectivity index (χ2n) is 6.55. The third-order valence-electron chi connectivity index (χ3n) is 4.58. The topological polar surface area (TPSA) is 95.1 Å². The second-order valence-corrected chi connectivity index (χ2v) is 8.23. The lowest BCUT2D eigenvalue weighted by molar-refractivity contribution is 0.211. The van der Waals surface area contributed by atoms with Crippen LogP contribution in [0, 0.1) is 11.6 Å². The van der Waals surface area contributed by atoms with Crippen molar-refractivity contribution in [3.05, 3.63) is 83.7 Å². The molecule has 0 spiro atoms. The molecule has 2 aromatic heterocycles. The number of rotatable bonds is 5. The van der Waals surface area contributed by atoms with Gasteiger partial charge in [-0.05, 0) is 24.3 Å². The Balaban J connectivity index is 1.77. The maximum atomic E-state index is 15.1. The van der Waals surface area contributed by atoms with Gasteiger partial charge in [0.2, 0.25) is 0 Å². The number of fused-ring (bicyclic) bond motifs is 1. The molecule has 0 saturated heterocycles. The summed E-state index contributed by atoms with van der Waals surface area (Å²) in [5.41, 5.74) is -0.370. The summed E-state index contributed by atoms with van der Waals surface area (Å²) in [6.45, 7) is 0. The highest BCUT2D eigenvalue weighted by Gasteiger charge is 2.26. The number of aliphatic hydroxyl groups excluding tert-OH is 1.